The van der Waals surface area contributed by atoms with Gasteiger partial charge in [-0.15, -0.1) is 0 Å². The van der Waals surface area contributed by atoms with E-state index in [-0.39, 0.29) is 5.56 Å². The normalized spacial score (nSPS) is 12.4. The third kappa shape index (κ3) is 2.57. The Kier molecular flexibility index (Phi) is 4.04. The van der Waals surface area contributed by atoms with Gasteiger partial charge in [-0.3, -0.25) is 4.98 Å². The van der Waals surface area contributed by atoms with Gasteiger partial charge in [0.1, 0.15) is 11.6 Å². The predicted octanol–water partition coefficient (Wildman–Crippen LogP) is 3.43. The van der Waals surface area contributed by atoms with Gasteiger partial charge in [0, 0.05) is 22.4 Å². The van der Waals surface area contributed by atoms with Crippen molar-refractivity contribution in [2.45, 2.75) is 6.04 Å². The lowest BCUT2D eigenvalue weighted by Gasteiger charge is -2.18. The maximum Gasteiger partial charge on any atom is 0.132 e. The number of hydrogen-bond acceptors (Lipinski definition) is 2. The molecule has 18 heavy (non-hydrogen) atoms. The first-order chi connectivity index (χ1) is 8.63. The van der Waals surface area contributed by atoms with Gasteiger partial charge in [0.15, 0.2) is 0 Å². The molecule has 5 heteroatoms. The van der Waals surface area contributed by atoms with Crippen molar-refractivity contribution in [1.82, 2.24) is 10.3 Å². The van der Waals surface area contributed by atoms with Gasteiger partial charge in [-0.05, 0) is 30.8 Å². The van der Waals surface area contributed by atoms with Crippen molar-refractivity contribution in [2.75, 3.05) is 7.05 Å². The molecular formula is C13H11BrF2N2. The molecule has 1 atom stereocenters. The van der Waals surface area contributed by atoms with Gasteiger partial charge >= 0.3 is 0 Å². The Hall–Kier alpha value is -1.33. The molecule has 0 saturated heterocycles. The number of aromatic nitrogens is 1. The molecule has 2 nitrogen and oxygen atoms in total. The van der Waals surface area contributed by atoms with E-state index >= 15 is 0 Å². The Morgan fingerprint density at radius 3 is 2.44 bits per heavy atom. The molecule has 1 aromatic heterocycles. The largest absolute Gasteiger partial charge is 0.309 e. The Morgan fingerprint density at radius 2 is 1.94 bits per heavy atom. The van der Waals surface area contributed by atoms with Gasteiger partial charge in [-0.25, -0.2) is 8.78 Å². The third-order valence-electron chi connectivity index (χ3n) is 2.64. The van der Waals surface area contributed by atoms with Crippen LogP contribution in [0, 0.1) is 11.6 Å². The smallest absolute Gasteiger partial charge is 0.132 e. The highest BCUT2D eigenvalue weighted by Crippen LogP contribution is 2.28. The molecule has 0 aliphatic heterocycles. The molecule has 1 aromatic carbocycles. The Labute approximate surface area is 112 Å². The third-order valence-corrected chi connectivity index (χ3v) is 3.10. The molecule has 1 heterocycles. The highest BCUT2D eigenvalue weighted by atomic mass is 79.9. The van der Waals surface area contributed by atoms with Gasteiger partial charge in [-0.2, -0.15) is 0 Å². The molecule has 0 aliphatic carbocycles. The minimum atomic E-state index is -0.593. The summed E-state index contributed by atoms with van der Waals surface area (Å²) in [4.78, 5) is 3.96. The number of nitrogens with one attached hydrogen (secondary N) is 1. The van der Waals surface area contributed by atoms with E-state index in [1.165, 1.54) is 12.1 Å². The SMILES string of the molecule is CNC(c1cccnc1)c1c(F)cc(Br)cc1F. The van der Waals surface area contributed by atoms with E-state index in [1.807, 2.05) is 0 Å². The van der Waals surface area contributed by atoms with Crippen molar-refractivity contribution < 1.29 is 8.78 Å². The lowest BCUT2D eigenvalue weighted by Crippen LogP contribution is -2.20. The van der Waals surface area contributed by atoms with E-state index in [9.17, 15) is 8.78 Å². The zero-order valence-corrected chi connectivity index (χ0v) is 11.2. The molecule has 0 radical (unpaired) electrons. The fraction of sp³-hybridized carbons (Fsp3) is 0.154. The Balaban J connectivity index is 2.52. The Morgan fingerprint density at radius 1 is 1.28 bits per heavy atom. The van der Waals surface area contributed by atoms with Gasteiger partial charge in [0.25, 0.3) is 0 Å². The minimum Gasteiger partial charge on any atom is -0.309 e. The molecular weight excluding hydrogens is 302 g/mol. The molecule has 0 fully saturated rings. The van der Waals surface area contributed by atoms with E-state index in [4.69, 9.17) is 0 Å². The molecule has 2 rings (SSSR count). The number of halogens is 3. The van der Waals surface area contributed by atoms with E-state index in [0.717, 1.165) is 0 Å². The first-order valence-electron chi connectivity index (χ1n) is 5.35. The zero-order valence-electron chi connectivity index (χ0n) is 9.62. The summed E-state index contributed by atoms with van der Waals surface area (Å²) >= 11 is 3.06. The van der Waals surface area contributed by atoms with Crippen LogP contribution in [-0.4, -0.2) is 12.0 Å². The number of benzene rings is 1. The zero-order chi connectivity index (χ0) is 13.1. The summed E-state index contributed by atoms with van der Waals surface area (Å²) in [6, 6.07) is 5.44. The number of rotatable bonds is 3. The van der Waals surface area contributed by atoms with Crippen molar-refractivity contribution in [3.63, 3.8) is 0 Å². The second-order valence-electron chi connectivity index (χ2n) is 3.79. The fourth-order valence-electron chi connectivity index (χ4n) is 1.85. The second kappa shape index (κ2) is 5.54. The molecule has 0 saturated carbocycles. The van der Waals surface area contributed by atoms with Crippen LogP contribution >= 0.6 is 15.9 Å². The fourth-order valence-corrected chi connectivity index (χ4v) is 2.26. The number of hydrogen-bond donors (Lipinski definition) is 1. The van der Waals surface area contributed by atoms with Crippen molar-refractivity contribution in [3.8, 4) is 0 Å². The maximum atomic E-state index is 13.9. The summed E-state index contributed by atoms with van der Waals surface area (Å²) in [5.41, 5.74) is 0.703. The highest BCUT2D eigenvalue weighted by Gasteiger charge is 2.21. The van der Waals surface area contributed by atoms with Gasteiger partial charge in [0.05, 0.1) is 6.04 Å². The standard InChI is InChI=1S/C13H11BrF2N2/c1-17-13(8-3-2-4-18-7-8)12-10(15)5-9(14)6-11(12)16/h2-7,13,17H,1H3. The average Bonchev–Trinajstić information content (AvgIpc) is 2.34. The molecule has 1 unspecified atom stereocenters. The lowest BCUT2D eigenvalue weighted by atomic mass is 9.99. The first kappa shape index (κ1) is 13.1. The predicted molar refractivity (Wildman–Crippen MR) is 69.2 cm³/mol. The highest BCUT2D eigenvalue weighted by molar-refractivity contribution is 9.10. The quantitative estimate of drug-likeness (QED) is 0.939. The number of nitrogens with zero attached hydrogens (tertiary/aromatic N) is 1. The topological polar surface area (TPSA) is 24.9 Å². The van der Waals surface area contributed by atoms with Gasteiger partial charge in [0.2, 0.25) is 0 Å². The first-order valence-corrected chi connectivity index (χ1v) is 6.14. The van der Waals surface area contributed by atoms with E-state index in [0.29, 0.717) is 10.0 Å². The summed E-state index contributed by atoms with van der Waals surface area (Å²) in [6.07, 6.45) is 3.20. The molecule has 0 spiro atoms. The van der Waals surface area contributed by atoms with E-state index in [2.05, 4.69) is 26.2 Å². The van der Waals surface area contributed by atoms with Crippen LogP contribution in [0.4, 0.5) is 8.78 Å². The molecule has 0 amide bonds. The van der Waals surface area contributed by atoms with E-state index in [1.54, 1.807) is 31.6 Å². The minimum absolute atomic E-state index is 0.00583. The van der Waals surface area contributed by atoms with Crippen LogP contribution in [0.1, 0.15) is 17.2 Å². The van der Waals surface area contributed by atoms with Crippen molar-refractivity contribution in [2.24, 2.45) is 0 Å². The van der Waals surface area contributed by atoms with Crippen molar-refractivity contribution in [1.29, 1.82) is 0 Å². The van der Waals surface area contributed by atoms with Gasteiger partial charge < -0.3 is 5.32 Å². The Bertz CT molecular complexity index is 523. The van der Waals surface area contributed by atoms with Crippen LogP contribution in [0.15, 0.2) is 41.1 Å². The molecule has 0 bridgehead atoms. The molecule has 0 aliphatic rings. The summed E-state index contributed by atoms with van der Waals surface area (Å²) in [6.45, 7) is 0. The summed E-state index contributed by atoms with van der Waals surface area (Å²) < 4.78 is 28.2. The van der Waals surface area contributed by atoms with Crippen molar-refractivity contribution >= 4 is 15.9 Å². The summed E-state index contributed by atoms with van der Waals surface area (Å²) in [5, 5.41) is 2.90. The van der Waals surface area contributed by atoms with Crippen LogP contribution in [0.25, 0.3) is 0 Å². The van der Waals surface area contributed by atoms with Crippen LogP contribution in [0.5, 0.6) is 0 Å². The molecule has 2 aromatic rings. The van der Waals surface area contributed by atoms with Crippen LogP contribution in [0.3, 0.4) is 0 Å². The average molecular weight is 313 g/mol. The van der Waals surface area contributed by atoms with Crippen LogP contribution in [0.2, 0.25) is 0 Å². The van der Waals surface area contributed by atoms with Crippen LogP contribution in [-0.2, 0) is 0 Å². The molecule has 94 valence electrons. The lowest BCUT2D eigenvalue weighted by molar-refractivity contribution is 0.520. The molecule has 1 N–H and O–H groups in total. The second-order valence-corrected chi connectivity index (χ2v) is 4.71. The maximum absolute atomic E-state index is 13.9. The van der Waals surface area contributed by atoms with Gasteiger partial charge in [-0.1, -0.05) is 22.0 Å². The van der Waals surface area contributed by atoms with Crippen LogP contribution < -0.4 is 5.32 Å². The monoisotopic (exact) mass is 312 g/mol. The summed E-state index contributed by atoms with van der Waals surface area (Å²) in [7, 11) is 1.65. The van der Waals surface area contributed by atoms with E-state index < -0.39 is 17.7 Å². The number of pyridine rings is 1. The van der Waals surface area contributed by atoms with Crippen molar-refractivity contribution in [3.05, 3.63) is 63.9 Å². The summed E-state index contributed by atoms with van der Waals surface area (Å²) in [5.74, 6) is -1.19.